The quantitative estimate of drug-likeness (QED) is 0.528. The number of carbonyl (C=O) groups excluding carboxylic acids is 2. The van der Waals surface area contributed by atoms with Gasteiger partial charge in [-0.05, 0) is 31.2 Å². The lowest BCUT2D eigenvalue weighted by atomic mass is 10.2. The second-order valence-corrected chi connectivity index (χ2v) is 8.11. The number of rotatable bonds is 7. The van der Waals surface area contributed by atoms with Crippen LogP contribution in [0.15, 0.2) is 59.4 Å². The van der Waals surface area contributed by atoms with E-state index in [9.17, 15) is 14.4 Å². The molecule has 9 nitrogen and oxygen atoms in total. The lowest BCUT2D eigenvalue weighted by molar-refractivity contribution is -0.129. The van der Waals surface area contributed by atoms with Gasteiger partial charge in [0.2, 0.25) is 5.91 Å². The number of hydrogen-bond acceptors (Lipinski definition) is 5. The fourth-order valence-electron chi connectivity index (χ4n) is 4.24. The van der Waals surface area contributed by atoms with Gasteiger partial charge in [0.1, 0.15) is 6.54 Å². The monoisotopic (exact) mass is 450 g/mol. The van der Waals surface area contributed by atoms with Crippen molar-refractivity contribution >= 4 is 28.5 Å². The van der Waals surface area contributed by atoms with E-state index in [1.807, 2.05) is 49.4 Å². The molecule has 1 aliphatic heterocycles. The zero-order valence-corrected chi connectivity index (χ0v) is 18.9. The molecule has 0 saturated carbocycles. The fourth-order valence-corrected chi connectivity index (χ4v) is 4.24. The molecule has 1 aliphatic rings. The van der Waals surface area contributed by atoms with Crippen LogP contribution in [0.2, 0.25) is 0 Å². The minimum Gasteiger partial charge on any atom is -0.369 e. The number of imidazole rings is 1. The fraction of sp³-hybridized carbons (Fsp3) is 0.375. The molecule has 0 spiro atoms. The number of nitrogens with one attached hydrogen (secondary N) is 2. The van der Waals surface area contributed by atoms with Crippen LogP contribution in [0.3, 0.4) is 0 Å². The zero-order valence-electron chi connectivity index (χ0n) is 18.9. The Morgan fingerprint density at radius 3 is 2.09 bits per heavy atom. The molecule has 0 bridgehead atoms. The third kappa shape index (κ3) is 5.25. The Morgan fingerprint density at radius 2 is 1.42 bits per heavy atom. The number of anilines is 1. The number of benzene rings is 2. The van der Waals surface area contributed by atoms with Crippen LogP contribution in [0, 0.1) is 0 Å². The molecule has 1 fully saturated rings. The van der Waals surface area contributed by atoms with Crippen molar-refractivity contribution in [1.82, 2.24) is 24.9 Å². The first-order chi connectivity index (χ1) is 16.1. The summed E-state index contributed by atoms with van der Waals surface area (Å²) in [6.45, 7) is 6.50. The van der Waals surface area contributed by atoms with Crippen molar-refractivity contribution in [2.24, 2.45) is 0 Å². The largest absolute Gasteiger partial charge is 0.369 e. The van der Waals surface area contributed by atoms with Crippen LogP contribution in [-0.4, -0.2) is 58.6 Å². The molecule has 1 aromatic heterocycles. The molecule has 0 aliphatic carbocycles. The summed E-state index contributed by atoms with van der Waals surface area (Å²) in [5.74, 6) is -0.696. The van der Waals surface area contributed by atoms with E-state index >= 15 is 0 Å². The summed E-state index contributed by atoms with van der Waals surface area (Å²) in [7, 11) is 0. The maximum atomic E-state index is 12.6. The minimum absolute atomic E-state index is 0.159. The van der Waals surface area contributed by atoms with E-state index in [1.54, 1.807) is 4.57 Å². The second-order valence-electron chi connectivity index (χ2n) is 8.11. The van der Waals surface area contributed by atoms with Gasteiger partial charge in [-0.2, -0.15) is 0 Å². The summed E-state index contributed by atoms with van der Waals surface area (Å²) < 4.78 is 3.05. The molecule has 174 valence electrons. The predicted molar refractivity (Wildman–Crippen MR) is 128 cm³/mol. The molecule has 0 atom stereocenters. The number of fused-ring (bicyclic) bond motifs is 1. The molecule has 3 aromatic rings. The smallest absolute Gasteiger partial charge is 0.329 e. The highest BCUT2D eigenvalue weighted by Crippen LogP contribution is 2.15. The van der Waals surface area contributed by atoms with Gasteiger partial charge in [-0.25, -0.2) is 4.79 Å². The molecule has 2 aromatic carbocycles. The van der Waals surface area contributed by atoms with Crippen LogP contribution in [0.5, 0.6) is 0 Å². The Bertz CT molecular complexity index is 1160. The van der Waals surface area contributed by atoms with Crippen LogP contribution in [-0.2, 0) is 22.7 Å². The number of aryl methyl sites for hydroxylation is 1. The maximum Gasteiger partial charge on any atom is 0.329 e. The summed E-state index contributed by atoms with van der Waals surface area (Å²) in [6, 6.07) is 17.7. The van der Waals surface area contributed by atoms with E-state index in [1.165, 1.54) is 10.3 Å². The molecule has 2 heterocycles. The number of amides is 2. The molecular formula is C24H30N6O3. The van der Waals surface area contributed by atoms with Gasteiger partial charge in [-0.3, -0.25) is 34.5 Å². The standard InChI is InChI=1S/C24H30N6O3/c1-2-29-20-10-6-7-11-21(20)30(24(29)33)18-23(32)26-25-22(31)12-13-27-14-16-28(17-15-27)19-8-4-3-5-9-19/h3-11H,2,12-18H2,1H3,(H,25,31)(H,26,32). The van der Waals surface area contributed by atoms with Crippen LogP contribution in [0.4, 0.5) is 5.69 Å². The van der Waals surface area contributed by atoms with Gasteiger partial charge in [0.05, 0.1) is 11.0 Å². The van der Waals surface area contributed by atoms with Crippen LogP contribution in [0.1, 0.15) is 13.3 Å². The Kier molecular flexibility index (Phi) is 7.09. The number of aromatic nitrogens is 2. The van der Waals surface area contributed by atoms with Crippen LogP contribution in [0.25, 0.3) is 11.0 Å². The van der Waals surface area contributed by atoms with Crippen molar-refractivity contribution in [3.05, 3.63) is 65.1 Å². The molecule has 1 saturated heterocycles. The van der Waals surface area contributed by atoms with Gasteiger partial charge in [0, 0.05) is 51.4 Å². The first kappa shape index (κ1) is 22.6. The molecular weight excluding hydrogens is 420 g/mol. The van der Waals surface area contributed by atoms with Crippen LogP contribution >= 0.6 is 0 Å². The van der Waals surface area contributed by atoms with E-state index in [0.717, 1.165) is 31.7 Å². The van der Waals surface area contributed by atoms with Gasteiger partial charge < -0.3 is 4.90 Å². The van der Waals surface area contributed by atoms with Gasteiger partial charge in [-0.15, -0.1) is 0 Å². The zero-order chi connectivity index (χ0) is 23.2. The highest BCUT2D eigenvalue weighted by atomic mass is 16.2. The predicted octanol–water partition coefficient (Wildman–Crippen LogP) is 1.18. The SMILES string of the molecule is CCn1c(=O)n(CC(=O)NNC(=O)CCN2CCN(c3ccccc3)CC2)c2ccccc21. The van der Waals surface area contributed by atoms with E-state index < -0.39 is 5.91 Å². The highest BCUT2D eigenvalue weighted by molar-refractivity contribution is 5.83. The highest BCUT2D eigenvalue weighted by Gasteiger charge is 2.18. The Hall–Kier alpha value is -3.59. The van der Waals surface area contributed by atoms with Gasteiger partial charge in [-0.1, -0.05) is 30.3 Å². The van der Waals surface area contributed by atoms with E-state index in [-0.39, 0.29) is 18.1 Å². The second kappa shape index (κ2) is 10.4. The number of piperazine rings is 1. The molecule has 0 unspecified atom stereocenters. The summed E-state index contributed by atoms with van der Waals surface area (Å²) in [5.41, 5.74) is 7.36. The Morgan fingerprint density at radius 1 is 0.818 bits per heavy atom. The first-order valence-electron chi connectivity index (χ1n) is 11.3. The topological polar surface area (TPSA) is 91.6 Å². The van der Waals surface area contributed by atoms with Crippen molar-refractivity contribution in [3.63, 3.8) is 0 Å². The van der Waals surface area contributed by atoms with Crippen molar-refractivity contribution in [1.29, 1.82) is 0 Å². The third-order valence-corrected chi connectivity index (χ3v) is 6.03. The van der Waals surface area contributed by atoms with Crippen molar-refractivity contribution in [3.8, 4) is 0 Å². The van der Waals surface area contributed by atoms with Crippen molar-refractivity contribution in [2.45, 2.75) is 26.4 Å². The summed E-state index contributed by atoms with van der Waals surface area (Å²) in [6.07, 6.45) is 0.292. The van der Waals surface area contributed by atoms with Crippen LogP contribution < -0.4 is 21.4 Å². The maximum absolute atomic E-state index is 12.6. The number of carbonyl (C=O) groups is 2. The molecule has 0 radical (unpaired) electrons. The Labute approximate surface area is 192 Å². The third-order valence-electron chi connectivity index (χ3n) is 6.03. The molecule has 2 N–H and O–H groups in total. The molecule has 33 heavy (non-hydrogen) atoms. The first-order valence-corrected chi connectivity index (χ1v) is 11.3. The van der Waals surface area contributed by atoms with Gasteiger partial charge >= 0.3 is 5.69 Å². The molecule has 9 heteroatoms. The lowest BCUT2D eigenvalue weighted by Gasteiger charge is -2.36. The van der Waals surface area contributed by atoms with E-state index in [4.69, 9.17) is 0 Å². The van der Waals surface area contributed by atoms with Gasteiger partial charge in [0.25, 0.3) is 5.91 Å². The Balaban J connectivity index is 1.22. The number of para-hydroxylation sites is 3. The van der Waals surface area contributed by atoms with Gasteiger partial charge in [0.15, 0.2) is 0 Å². The minimum atomic E-state index is -0.444. The average Bonchev–Trinajstić information content (AvgIpc) is 3.12. The number of hydrogen-bond donors (Lipinski definition) is 2. The van der Waals surface area contributed by atoms with Crippen molar-refractivity contribution in [2.75, 3.05) is 37.6 Å². The number of hydrazine groups is 1. The molecule has 4 rings (SSSR count). The lowest BCUT2D eigenvalue weighted by Crippen LogP contribution is -2.48. The summed E-state index contributed by atoms with van der Waals surface area (Å²) in [5, 5.41) is 0. The molecule has 2 amide bonds. The summed E-state index contributed by atoms with van der Waals surface area (Å²) >= 11 is 0. The van der Waals surface area contributed by atoms with E-state index in [2.05, 4.69) is 32.8 Å². The average molecular weight is 451 g/mol. The normalized spacial score (nSPS) is 14.4. The number of nitrogens with zero attached hydrogens (tertiary/aromatic N) is 4. The van der Waals surface area contributed by atoms with Crippen molar-refractivity contribution < 1.29 is 9.59 Å². The van der Waals surface area contributed by atoms with E-state index in [0.29, 0.717) is 25.0 Å². The summed E-state index contributed by atoms with van der Waals surface area (Å²) in [4.78, 5) is 41.8.